The van der Waals surface area contributed by atoms with Gasteiger partial charge in [-0.25, -0.2) is 0 Å². The maximum atomic E-state index is 2.74. The molecule has 0 amide bonds. The summed E-state index contributed by atoms with van der Waals surface area (Å²) in [5.41, 5.74) is 25.2. The van der Waals surface area contributed by atoms with Crippen molar-refractivity contribution in [3.05, 3.63) is 171 Å². The van der Waals surface area contributed by atoms with Gasteiger partial charge in [0.2, 0.25) is 0 Å². The monoisotopic (exact) mass is 1030 g/mol. The molecule has 384 valence electrons. The summed E-state index contributed by atoms with van der Waals surface area (Å²) >= 11 is 3.98. The van der Waals surface area contributed by atoms with Crippen LogP contribution in [0.25, 0.3) is 30.3 Å². The van der Waals surface area contributed by atoms with Crippen LogP contribution in [0.15, 0.2) is 115 Å². The Morgan fingerprint density at radius 3 is 1.64 bits per heavy atom. The van der Waals surface area contributed by atoms with Crippen LogP contribution >= 0.6 is 22.7 Å². The minimum atomic E-state index is -0.250. The molecule has 0 fully saturated rings. The first-order valence-corrected chi connectivity index (χ1v) is 30.1. The molecule has 76 heavy (non-hydrogen) atoms. The van der Waals surface area contributed by atoms with E-state index in [0.717, 1.165) is 0 Å². The van der Waals surface area contributed by atoms with E-state index in [1.165, 1.54) is 150 Å². The average Bonchev–Trinajstić information content (AvgIpc) is 4.06. The van der Waals surface area contributed by atoms with Gasteiger partial charge in [-0.3, -0.25) is 0 Å². The van der Waals surface area contributed by atoms with E-state index in [0.29, 0.717) is 0 Å². The Labute approximate surface area is 461 Å². The molecule has 4 heterocycles. The van der Waals surface area contributed by atoms with Crippen molar-refractivity contribution in [2.45, 2.75) is 174 Å². The number of hydrogen-bond donors (Lipinski definition) is 0. The Balaban J connectivity index is 1.11. The first-order chi connectivity index (χ1) is 35.7. The molecule has 2 aromatic heterocycles. The molecule has 0 atom stereocenters. The van der Waals surface area contributed by atoms with Crippen LogP contribution in [0.2, 0.25) is 0 Å². The van der Waals surface area contributed by atoms with Crippen LogP contribution in [0.4, 0.5) is 34.1 Å². The lowest BCUT2D eigenvalue weighted by molar-refractivity contribution is 0.329. The third-order valence-electron chi connectivity index (χ3n) is 20.2. The summed E-state index contributed by atoms with van der Waals surface area (Å²) in [4.78, 5) is 5.47. The molecule has 7 aromatic carbocycles. The third-order valence-corrected chi connectivity index (χ3v) is 22.6. The Bertz CT molecular complexity index is 4030. The van der Waals surface area contributed by atoms with E-state index in [9.17, 15) is 0 Å². The van der Waals surface area contributed by atoms with E-state index in [4.69, 9.17) is 0 Å². The highest BCUT2D eigenvalue weighted by atomic mass is 32.1. The Morgan fingerprint density at radius 2 is 1.00 bits per heavy atom. The van der Waals surface area contributed by atoms with Crippen molar-refractivity contribution < 1.29 is 0 Å². The van der Waals surface area contributed by atoms with E-state index >= 15 is 0 Å². The predicted octanol–water partition coefficient (Wildman–Crippen LogP) is 18.6. The maximum Gasteiger partial charge on any atom is 0.264 e. The van der Waals surface area contributed by atoms with Crippen LogP contribution in [-0.4, -0.2) is 6.71 Å². The topological polar surface area (TPSA) is 6.48 Å². The second kappa shape index (κ2) is 15.4. The summed E-state index contributed by atoms with van der Waals surface area (Å²) < 4.78 is 5.48. The summed E-state index contributed by atoms with van der Waals surface area (Å²) in [5, 5.41) is 4.02. The van der Waals surface area contributed by atoms with Crippen LogP contribution in [0.1, 0.15) is 185 Å². The van der Waals surface area contributed by atoms with Gasteiger partial charge in [0, 0.05) is 63.9 Å². The zero-order valence-electron chi connectivity index (χ0n) is 48.1. The third kappa shape index (κ3) is 6.57. The van der Waals surface area contributed by atoms with Crippen molar-refractivity contribution in [1.82, 2.24) is 0 Å². The normalized spacial score (nSPS) is 19.7. The molecule has 0 saturated carbocycles. The Morgan fingerprint density at radius 1 is 0.447 bits per heavy atom. The van der Waals surface area contributed by atoms with Crippen LogP contribution in [0.5, 0.6) is 0 Å². The first kappa shape index (κ1) is 48.7. The average molecular weight is 1030 g/mol. The number of thiophene rings is 2. The van der Waals surface area contributed by atoms with Gasteiger partial charge < -0.3 is 9.80 Å². The quantitative estimate of drug-likeness (QED) is 0.159. The van der Waals surface area contributed by atoms with Crippen LogP contribution in [0, 0.1) is 6.92 Å². The molecule has 0 unspecified atom stereocenters. The van der Waals surface area contributed by atoms with Gasteiger partial charge in [-0.2, -0.15) is 0 Å². The molecule has 0 radical (unpaired) electrons. The molecular formula is C71H75BN2S2. The Kier molecular flexibility index (Phi) is 9.84. The zero-order chi connectivity index (χ0) is 53.3. The van der Waals surface area contributed by atoms with E-state index in [-0.39, 0.29) is 44.6 Å². The Hall–Kier alpha value is -5.62. The number of nitrogens with zero attached hydrogens (tertiary/aromatic N) is 2. The van der Waals surface area contributed by atoms with Gasteiger partial charge in [-0.05, 0) is 181 Å². The number of anilines is 6. The van der Waals surface area contributed by atoms with E-state index in [1.54, 1.807) is 11.1 Å². The second-order valence-corrected chi connectivity index (χ2v) is 30.9. The van der Waals surface area contributed by atoms with Crippen molar-refractivity contribution in [2.75, 3.05) is 9.80 Å². The standard InChI is InChI=1S/C71H75BN2S2/c1-40-32-57-61-58(33-40)74(55-22-19-21-44-43-20-17-18-23-59(43)75-63(44)55)56-39-53-52(70(13,14)50-36-48-49(37-51(50)71(53,15)16)69(11,12)31-30-68(48,9)10)38-54(56)72(61)64-62(45-34-41(65(2,3)4)24-27-60(45)76-64)73(57)42-25-26-46-47(35-42)67(7,8)29-28-66(46,5)6/h17-27,32-39H,28-31H2,1-16H3. The fraction of sp³-hybridized carbons (Fsp3) is 0.380. The van der Waals surface area contributed by atoms with Gasteiger partial charge in [0.05, 0.1) is 16.1 Å². The molecule has 2 aliphatic heterocycles. The van der Waals surface area contributed by atoms with Gasteiger partial charge in [0.1, 0.15) is 0 Å². The minimum absolute atomic E-state index is 0.00486. The molecule has 0 bridgehead atoms. The van der Waals surface area contributed by atoms with Gasteiger partial charge in [-0.1, -0.05) is 165 Å². The van der Waals surface area contributed by atoms with Gasteiger partial charge in [0.25, 0.3) is 6.71 Å². The minimum Gasteiger partial charge on any atom is -0.310 e. The van der Waals surface area contributed by atoms with Gasteiger partial charge >= 0.3 is 0 Å². The van der Waals surface area contributed by atoms with Crippen molar-refractivity contribution in [3.63, 3.8) is 0 Å². The second-order valence-electron chi connectivity index (χ2n) is 28.8. The molecule has 0 N–H and O–H groups in total. The van der Waals surface area contributed by atoms with Crippen molar-refractivity contribution in [1.29, 1.82) is 0 Å². The smallest absolute Gasteiger partial charge is 0.264 e. The summed E-state index contributed by atoms with van der Waals surface area (Å²) in [6.07, 6.45) is 4.78. The fourth-order valence-corrected chi connectivity index (χ4v) is 17.8. The van der Waals surface area contributed by atoms with Gasteiger partial charge in [-0.15, -0.1) is 22.7 Å². The van der Waals surface area contributed by atoms with Crippen molar-refractivity contribution in [3.8, 4) is 0 Å². The SMILES string of the molecule is Cc1cc2c3c(c1)N(c1cccc4c1sc1ccccc14)c1cc4c(cc1B3c1sc3ccc(C(C)(C)C)cc3c1N2c1ccc2c(c1)C(C)(C)CCC2(C)C)C(C)(C)c1cc2c(cc1C4(C)C)C(C)(C)CCC2(C)C. The fourth-order valence-electron chi connectivity index (χ4n) is 15.3. The van der Waals surface area contributed by atoms with E-state index in [1.807, 2.05) is 22.7 Å². The maximum absolute atomic E-state index is 2.74. The molecule has 14 rings (SSSR count). The van der Waals surface area contributed by atoms with Crippen LogP contribution in [0.3, 0.4) is 0 Å². The van der Waals surface area contributed by atoms with Crippen LogP contribution < -0.4 is 25.5 Å². The lowest BCUT2D eigenvalue weighted by Crippen LogP contribution is -2.61. The summed E-state index contributed by atoms with van der Waals surface area (Å²) in [6, 6.07) is 47.0. The number of benzene rings is 7. The van der Waals surface area contributed by atoms with E-state index in [2.05, 4.69) is 236 Å². The molecular weight excluding hydrogens is 956 g/mol. The molecule has 9 aromatic rings. The number of rotatable bonds is 2. The highest BCUT2D eigenvalue weighted by Crippen LogP contribution is 2.58. The van der Waals surface area contributed by atoms with Crippen molar-refractivity contribution >= 4 is 109 Å². The number of fused-ring (bicyclic) bond motifs is 13. The largest absolute Gasteiger partial charge is 0.310 e. The van der Waals surface area contributed by atoms with Crippen molar-refractivity contribution in [2.24, 2.45) is 0 Å². The molecule has 5 heteroatoms. The van der Waals surface area contributed by atoms with Crippen LogP contribution in [-0.2, 0) is 37.9 Å². The summed E-state index contributed by atoms with van der Waals surface area (Å²) in [7, 11) is 0. The molecule has 2 nitrogen and oxygen atoms in total. The number of hydrogen-bond acceptors (Lipinski definition) is 4. The zero-order valence-corrected chi connectivity index (χ0v) is 49.7. The summed E-state index contributed by atoms with van der Waals surface area (Å²) in [6.45, 7) is 39.5. The molecule has 0 spiro atoms. The lowest BCUT2D eigenvalue weighted by Gasteiger charge is -2.50. The summed E-state index contributed by atoms with van der Waals surface area (Å²) in [5.74, 6) is 0. The van der Waals surface area contributed by atoms with Gasteiger partial charge in [0.15, 0.2) is 0 Å². The number of aryl methyl sites for hydroxylation is 1. The predicted molar refractivity (Wildman–Crippen MR) is 333 cm³/mol. The molecule has 0 saturated heterocycles. The molecule has 3 aliphatic carbocycles. The highest BCUT2D eigenvalue weighted by Gasteiger charge is 2.51. The first-order valence-electron chi connectivity index (χ1n) is 28.4. The highest BCUT2D eigenvalue weighted by molar-refractivity contribution is 7.33. The molecule has 5 aliphatic rings. The lowest BCUT2D eigenvalue weighted by atomic mass is 9.35. The van der Waals surface area contributed by atoms with E-state index < -0.39 is 0 Å².